The van der Waals surface area contributed by atoms with Crippen molar-refractivity contribution in [2.45, 2.75) is 30.8 Å². The largest absolute Gasteiger partial charge is 0.486 e. The van der Waals surface area contributed by atoms with Gasteiger partial charge in [0.25, 0.3) is 10.0 Å². The fraction of sp³-hybridized carbons (Fsp3) is 0.286. The second-order valence-corrected chi connectivity index (χ2v) is 11.8. The van der Waals surface area contributed by atoms with Gasteiger partial charge in [0.15, 0.2) is 11.5 Å². The summed E-state index contributed by atoms with van der Waals surface area (Å²) in [6.45, 7) is 1.51. The lowest BCUT2D eigenvalue weighted by Crippen LogP contribution is -2.51. The number of rotatable bonds is 10. The van der Waals surface area contributed by atoms with Crippen molar-refractivity contribution >= 4 is 50.7 Å². The van der Waals surface area contributed by atoms with Gasteiger partial charge < -0.3 is 19.7 Å². The summed E-state index contributed by atoms with van der Waals surface area (Å²) in [7, 11) is -2.95. The van der Waals surface area contributed by atoms with E-state index in [2.05, 4.69) is 5.32 Å². The topological polar surface area (TPSA) is 105 Å². The highest BCUT2D eigenvalue weighted by molar-refractivity contribution is 7.92. The number of carbonyl (C=O) groups is 2. The van der Waals surface area contributed by atoms with E-state index >= 15 is 0 Å². The number of hydrogen-bond acceptors (Lipinski definition) is 6. The molecule has 0 radical (unpaired) electrons. The first-order chi connectivity index (χ1) is 19.5. The van der Waals surface area contributed by atoms with E-state index in [1.807, 2.05) is 0 Å². The van der Waals surface area contributed by atoms with E-state index in [9.17, 15) is 22.4 Å². The minimum atomic E-state index is -4.39. The van der Waals surface area contributed by atoms with Gasteiger partial charge in [-0.15, -0.1) is 0 Å². The average Bonchev–Trinajstić information content (AvgIpc) is 2.96. The van der Waals surface area contributed by atoms with Gasteiger partial charge >= 0.3 is 0 Å². The van der Waals surface area contributed by atoms with E-state index in [-0.39, 0.29) is 40.9 Å². The second-order valence-electron chi connectivity index (χ2n) is 9.09. The van der Waals surface area contributed by atoms with Gasteiger partial charge in [-0.2, -0.15) is 0 Å². The molecule has 0 saturated heterocycles. The quantitative estimate of drug-likeness (QED) is 0.352. The molecule has 4 rings (SSSR count). The molecule has 0 fully saturated rings. The van der Waals surface area contributed by atoms with E-state index in [4.69, 9.17) is 32.7 Å². The molecule has 9 nitrogen and oxygen atoms in total. The van der Waals surface area contributed by atoms with Crippen molar-refractivity contribution < 1.29 is 31.9 Å². The number of ether oxygens (including phenoxy) is 2. The van der Waals surface area contributed by atoms with E-state index in [1.165, 1.54) is 48.3 Å². The number of fused-ring (bicyclic) bond motifs is 1. The smallest absolute Gasteiger partial charge is 0.264 e. The minimum absolute atomic E-state index is 0.0482. The number of sulfonamides is 1. The summed E-state index contributed by atoms with van der Waals surface area (Å²) in [6, 6.07) is 12.6. The van der Waals surface area contributed by atoms with Crippen LogP contribution in [-0.4, -0.2) is 58.0 Å². The summed E-state index contributed by atoms with van der Waals surface area (Å²) in [5, 5.41) is 3.22. The molecule has 3 aromatic carbocycles. The van der Waals surface area contributed by atoms with Crippen LogP contribution in [0.1, 0.15) is 18.9 Å². The number of benzene rings is 3. The number of amides is 2. The Morgan fingerprint density at radius 3 is 2.32 bits per heavy atom. The summed E-state index contributed by atoms with van der Waals surface area (Å²) in [5.74, 6) is -1.07. The molecule has 13 heteroatoms. The summed E-state index contributed by atoms with van der Waals surface area (Å²) in [5.41, 5.74) is 0.557. The van der Waals surface area contributed by atoms with Gasteiger partial charge in [-0.05, 0) is 60.5 Å². The maximum Gasteiger partial charge on any atom is 0.264 e. The number of nitrogens with zero attached hydrogens (tertiary/aromatic N) is 2. The van der Waals surface area contributed by atoms with Crippen molar-refractivity contribution in [3.63, 3.8) is 0 Å². The van der Waals surface area contributed by atoms with Crippen LogP contribution < -0.4 is 19.1 Å². The Bertz CT molecular complexity index is 1540. The molecule has 3 aromatic rings. The van der Waals surface area contributed by atoms with E-state index in [1.54, 1.807) is 19.1 Å². The van der Waals surface area contributed by atoms with E-state index in [0.29, 0.717) is 22.9 Å². The Balaban J connectivity index is 1.76. The van der Waals surface area contributed by atoms with Gasteiger partial charge in [-0.25, -0.2) is 12.8 Å². The normalized spacial score (nSPS) is 13.3. The number of halogens is 3. The molecular weight excluding hydrogens is 596 g/mol. The molecule has 0 aliphatic carbocycles. The Morgan fingerprint density at radius 2 is 1.68 bits per heavy atom. The zero-order valence-electron chi connectivity index (χ0n) is 22.3. The lowest BCUT2D eigenvalue weighted by atomic mass is 10.1. The fourth-order valence-electron chi connectivity index (χ4n) is 4.37. The molecular formula is C28H28Cl2FN3O6S. The average molecular weight is 625 g/mol. The number of nitrogens with one attached hydrogen (secondary N) is 1. The molecule has 0 unspecified atom stereocenters. The van der Waals surface area contributed by atoms with Crippen LogP contribution in [-0.2, 0) is 26.2 Å². The molecule has 0 spiro atoms. The molecule has 1 aliphatic rings. The van der Waals surface area contributed by atoms with E-state index < -0.39 is 40.2 Å². The van der Waals surface area contributed by atoms with Crippen LogP contribution in [0.15, 0.2) is 65.6 Å². The molecule has 1 heterocycles. The summed E-state index contributed by atoms with van der Waals surface area (Å²) in [6.07, 6.45) is 0.238. The Labute approximate surface area is 247 Å². The number of anilines is 1. The standard InChI is InChI=1S/C28H28Cl2FN3O6S/c1-3-24(28(36)32-2)33(16-18-4-5-19(29)14-23(18)30)27(35)17-34(21-8-6-20(31)7-9-21)41(37,38)22-10-11-25-26(15-22)40-13-12-39-25/h4-11,14-15,24H,3,12-13,16-17H2,1-2H3,(H,32,36)/t24-/m1/s1. The molecule has 218 valence electrons. The van der Waals surface area contributed by atoms with Crippen molar-refractivity contribution in [3.05, 3.63) is 82.1 Å². The summed E-state index contributed by atoms with van der Waals surface area (Å²) < 4.78 is 53.7. The zero-order chi connectivity index (χ0) is 29.7. The molecule has 0 aromatic heterocycles. The van der Waals surface area contributed by atoms with Gasteiger partial charge in [0.1, 0.15) is 31.6 Å². The second kappa shape index (κ2) is 13.0. The van der Waals surface area contributed by atoms with Crippen molar-refractivity contribution in [1.29, 1.82) is 0 Å². The summed E-state index contributed by atoms with van der Waals surface area (Å²) in [4.78, 5) is 27.9. The first-order valence-corrected chi connectivity index (χ1v) is 14.9. The third-order valence-corrected chi connectivity index (χ3v) is 8.84. The lowest BCUT2D eigenvalue weighted by molar-refractivity contribution is -0.140. The van der Waals surface area contributed by atoms with Gasteiger partial charge in [0.05, 0.1) is 10.6 Å². The Hall–Kier alpha value is -3.54. The molecule has 0 saturated carbocycles. The van der Waals surface area contributed by atoms with Gasteiger partial charge in [-0.3, -0.25) is 13.9 Å². The highest BCUT2D eigenvalue weighted by Crippen LogP contribution is 2.34. The van der Waals surface area contributed by atoms with Crippen LogP contribution in [0.3, 0.4) is 0 Å². The van der Waals surface area contributed by atoms with Crippen molar-refractivity contribution in [2.24, 2.45) is 0 Å². The highest BCUT2D eigenvalue weighted by Gasteiger charge is 2.34. The third kappa shape index (κ3) is 6.86. The maximum absolute atomic E-state index is 14.0. The maximum atomic E-state index is 14.0. The van der Waals surface area contributed by atoms with Crippen molar-refractivity contribution in [3.8, 4) is 11.5 Å². The number of likely N-dealkylation sites (N-methyl/N-ethyl adjacent to an activating group) is 1. The van der Waals surface area contributed by atoms with Gasteiger partial charge in [0.2, 0.25) is 11.8 Å². The van der Waals surface area contributed by atoms with Crippen LogP contribution in [0.5, 0.6) is 11.5 Å². The Kier molecular flexibility index (Phi) is 9.62. The van der Waals surface area contributed by atoms with Crippen LogP contribution in [0, 0.1) is 5.82 Å². The molecule has 2 amide bonds. The van der Waals surface area contributed by atoms with Crippen molar-refractivity contribution in [1.82, 2.24) is 10.2 Å². The Morgan fingerprint density at radius 1 is 1.00 bits per heavy atom. The van der Waals surface area contributed by atoms with E-state index in [0.717, 1.165) is 16.4 Å². The molecule has 41 heavy (non-hydrogen) atoms. The third-order valence-electron chi connectivity index (χ3n) is 6.48. The molecule has 1 aliphatic heterocycles. The van der Waals surface area contributed by atoms with Crippen LogP contribution >= 0.6 is 23.2 Å². The highest BCUT2D eigenvalue weighted by atomic mass is 35.5. The minimum Gasteiger partial charge on any atom is -0.486 e. The first-order valence-electron chi connectivity index (χ1n) is 12.7. The van der Waals surface area contributed by atoms with Gasteiger partial charge in [-0.1, -0.05) is 36.2 Å². The summed E-state index contributed by atoms with van der Waals surface area (Å²) >= 11 is 12.4. The number of carbonyl (C=O) groups excluding carboxylic acids is 2. The molecule has 0 bridgehead atoms. The number of hydrogen-bond donors (Lipinski definition) is 1. The molecule has 1 N–H and O–H groups in total. The van der Waals surface area contributed by atoms with Crippen LogP contribution in [0.25, 0.3) is 0 Å². The fourth-order valence-corrected chi connectivity index (χ4v) is 6.27. The zero-order valence-corrected chi connectivity index (χ0v) is 24.6. The SMILES string of the molecule is CC[C@H](C(=O)NC)N(Cc1ccc(Cl)cc1Cl)C(=O)CN(c1ccc(F)cc1)S(=O)(=O)c1ccc2c(c1)OCCO2. The predicted octanol–water partition coefficient (Wildman–Crippen LogP) is 4.65. The first kappa shape index (κ1) is 30.4. The monoisotopic (exact) mass is 623 g/mol. The van der Waals surface area contributed by atoms with Crippen molar-refractivity contribution in [2.75, 3.05) is 31.1 Å². The lowest BCUT2D eigenvalue weighted by Gasteiger charge is -2.33. The van der Waals surface area contributed by atoms with Gasteiger partial charge in [0, 0.05) is 29.7 Å². The van der Waals surface area contributed by atoms with Crippen LogP contribution in [0.2, 0.25) is 10.0 Å². The molecule has 1 atom stereocenters. The predicted molar refractivity (Wildman–Crippen MR) is 154 cm³/mol. The van der Waals surface area contributed by atoms with Crippen LogP contribution in [0.4, 0.5) is 10.1 Å².